The number of rotatable bonds is 31. The number of hydrogen-bond acceptors (Lipinski definition) is 5. The van der Waals surface area contributed by atoms with Crippen molar-refractivity contribution in [1.29, 1.82) is 0 Å². The van der Waals surface area contributed by atoms with Gasteiger partial charge in [-0.2, -0.15) is 0 Å². The second kappa shape index (κ2) is 29.0. The molecule has 234 valence electrons. The molecule has 39 heavy (non-hydrogen) atoms. The first-order valence-electron chi connectivity index (χ1n) is 17.2. The standard InChI is InChI=1S/C34H68O5/c1-3-5-7-9-11-13-15-17-19-21-23-25-27-31(36)33(38)30(29-35)34(39)32(37)28-26-24-22-20-18-16-14-12-10-8-6-4-2/h30-33,35-38H,3-29H2,1-2H3. The highest BCUT2D eigenvalue weighted by Crippen LogP contribution is 2.20. The van der Waals surface area contributed by atoms with Crippen LogP contribution >= 0.6 is 0 Å². The average molecular weight is 557 g/mol. The molecule has 0 heterocycles. The minimum absolute atomic E-state index is 0.355. The third-order valence-corrected chi connectivity index (χ3v) is 8.38. The maximum Gasteiger partial charge on any atom is 0.169 e. The SMILES string of the molecule is CCCCCCCCCCCCCCC(O)C(=O)C(CO)C(O)C(O)CCCCCCCCCCCCCC. The van der Waals surface area contributed by atoms with Crippen LogP contribution in [0, 0.1) is 5.92 Å². The normalized spacial score (nSPS) is 14.8. The molecule has 4 N–H and O–H groups in total. The molecule has 0 amide bonds. The third-order valence-electron chi connectivity index (χ3n) is 8.38. The van der Waals surface area contributed by atoms with Crippen molar-refractivity contribution in [3.8, 4) is 0 Å². The van der Waals surface area contributed by atoms with E-state index in [2.05, 4.69) is 13.8 Å². The summed E-state index contributed by atoms with van der Waals surface area (Å²) in [6, 6.07) is 0. The Morgan fingerprint density at radius 1 is 0.487 bits per heavy atom. The highest BCUT2D eigenvalue weighted by molar-refractivity contribution is 5.85. The molecular weight excluding hydrogens is 488 g/mol. The van der Waals surface area contributed by atoms with Crippen molar-refractivity contribution in [2.24, 2.45) is 5.92 Å². The highest BCUT2D eigenvalue weighted by Gasteiger charge is 2.34. The molecule has 0 bridgehead atoms. The number of aliphatic hydroxyl groups is 4. The van der Waals surface area contributed by atoms with E-state index in [0.29, 0.717) is 12.8 Å². The molecule has 5 nitrogen and oxygen atoms in total. The van der Waals surface area contributed by atoms with Crippen LogP contribution in [0.1, 0.15) is 181 Å². The van der Waals surface area contributed by atoms with Crippen LogP contribution in [0.5, 0.6) is 0 Å². The fourth-order valence-corrected chi connectivity index (χ4v) is 5.57. The van der Waals surface area contributed by atoms with E-state index in [-0.39, 0.29) is 0 Å². The van der Waals surface area contributed by atoms with Gasteiger partial charge in [0.1, 0.15) is 6.10 Å². The quantitative estimate of drug-likeness (QED) is 0.0642. The smallest absolute Gasteiger partial charge is 0.169 e. The number of hydrogen-bond donors (Lipinski definition) is 4. The minimum atomic E-state index is -1.33. The molecule has 0 aromatic heterocycles. The van der Waals surface area contributed by atoms with Gasteiger partial charge in [-0.3, -0.25) is 4.79 Å². The van der Waals surface area contributed by atoms with Crippen LogP contribution in [0.3, 0.4) is 0 Å². The maximum absolute atomic E-state index is 12.6. The highest BCUT2D eigenvalue weighted by atomic mass is 16.3. The van der Waals surface area contributed by atoms with E-state index in [9.17, 15) is 25.2 Å². The van der Waals surface area contributed by atoms with Crippen LogP contribution in [0.15, 0.2) is 0 Å². The summed E-state index contributed by atoms with van der Waals surface area (Å²) in [5.41, 5.74) is 0. The van der Waals surface area contributed by atoms with E-state index in [1.54, 1.807) is 0 Å². The van der Waals surface area contributed by atoms with Gasteiger partial charge < -0.3 is 20.4 Å². The Kier molecular flexibility index (Phi) is 28.7. The van der Waals surface area contributed by atoms with Gasteiger partial charge in [0.05, 0.1) is 24.7 Å². The van der Waals surface area contributed by atoms with Crippen LogP contribution in [0.2, 0.25) is 0 Å². The zero-order chi connectivity index (χ0) is 29.0. The minimum Gasteiger partial charge on any atom is -0.396 e. The molecule has 0 aliphatic rings. The molecule has 0 saturated carbocycles. The lowest BCUT2D eigenvalue weighted by Gasteiger charge is -2.26. The number of carbonyl (C=O) groups is 1. The summed E-state index contributed by atoms with van der Waals surface area (Å²) in [5, 5.41) is 41.0. The first-order valence-corrected chi connectivity index (χ1v) is 17.2. The molecule has 0 aliphatic heterocycles. The largest absolute Gasteiger partial charge is 0.396 e. The van der Waals surface area contributed by atoms with E-state index in [1.807, 2.05) is 0 Å². The third kappa shape index (κ3) is 22.8. The lowest BCUT2D eigenvalue weighted by Crippen LogP contribution is -2.43. The summed E-state index contributed by atoms with van der Waals surface area (Å²) < 4.78 is 0. The summed E-state index contributed by atoms with van der Waals surface area (Å²) in [5.74, 6) is -1.66. The Morgan fingerprint density at radius 2 is 0.795 bits per heavy atom. The molecule has 4 atom stereocenters. The van der Waals surface area contributed by atoms with Crippen molar-refractivity contribution in [2.75, 3.05) is 6.61 Å². The predicted molar refractivity (Wildman–Crippen MR) is 165 cm³/mol. The molecule has 0 aromatic carbocycles. The van der Waals surface area contributed by atoms with Gasteiger partial charge in [-0.15, -0.1) is 0 Å². The van der Waals surface area contributed by atoms with E-state index >= 15 is 0 Å². The van der Waals surface area contributed by atoms with Crippen LogP contribution in [0.25, 0.3) is 0 Å². The van der Waals surface area contributed by atoms with Gasteiger partial charge in [0.15, 0.2) is 5.78 Å². The summed E-state index contributed by atoms with van der Waals surface area (Å²) in [6.45, 7) is 3.94. The lowest BCUT2D eigenvalue weighted by atomic mass is 9.88. The number of aliphatic hydroxyl groups excluding tert-OH is 4. The van der Waals surface area contributed by atoms with Crippen molar-refractivity contribution in [3.05, 3.63) is 0 Å². The van der Waals surface area contributed by atoms with Crippen molar-refractivity contribution in [3.63, 3.8) is 0 Å². The fourth-order valence-electron chi connectivity index (χ4n) is 5.57. The molecule has 0 fully saturated rings. The van der Waals surface area contributed by atoms with Gasteiger partial charge in [-0.1, -0.05) is 168 Å². The lowest BCUT2D eigenvalue weighted by molar-refractivity contribution is -0.141. The molecular formula is C34H68O5. The van der Waals surface area contributed by atoms with Crippen molar-refractivity contribution < 1.29 is 25.2 Å². The van der Waals surface area contributed by atoms with E-state index in [1.165, 1.54) is 116 Å². The predicted octanol–water partition coefficient (Wildman–Crippen LogP) is 8.43. The Hall–Kier alpha value is -0.490. The van der Waals surface area contributed by atoms with Gasteiger partial charge in [0.25, 0.3) is 0 Å². The number of Topliss-reactive ketones (excluding diaryl/α,β-unsaturated/α-hetero) is 1. The van der Waals surface area contributed by atoms with Gasteiger partial charge >= 0.3 is 0 Å². The number of unbranched alkanes of at least 4 members (excludes halogenated alkanes) is 22. The molecule has 0 spiro atoms. The molecule has 0 aromatic rings. The van der Waals surface area contributed by atoms with Crippen LogP contribution in [0.4, 0.5) is 0 Å². The van der Waals surface area contributed by atoms with E-state index in [4.69, 9.17) is 0 Å². The summed E-state index contributed by atoms with van der Waals surface area (Å²) >= 11 is 0. The zero-order valence-corrected chi connectivity index (χ0v) is 26.1. The first-order chi connectivity index (χ1) is 19.0. The van der Waals surface area contributed by atoms with Crippen molar-refractivity contribution >= 4 is 5.78 Å². The van der Waals surface area contributed by atoms with Crippen molar-refractivity contribution in [1.82, 2.24) is 0 Å². The number of carbonyl (C=O) groups excluding carboxylic acids is 1. The molecule has 5 heteroatoms. The molecule has 4 unspecified atom stereocenters. The molecule has 0 radical (unpaired) electrons. The zero-order valence-electron chi connectivity index (χ0n) is 26.1. The molecule has 0 saturated heterocycles. The summed E-state index contributed by atoms with van der Waals surface area (Å²) in [6.07, 6.45) is 26.6. The maximum atomic E-state index is 12.6. The van der Waals surface area contributed by atoms with Crippen molar-refractivity contribution in [2.45, 2.75) is 199 Å². The topological polar surface area (TPSA) is 98.0 Å². The Morgan fingerprint density at radius 3 is 1.13 bits per heavy atom. The first kappa shape index (κ1) is 38.5. The van der Waals surface area contributed by atoms with E-state index in [0.717, 1.165) is 38.5 Å². The average Bonchev–Trinajstić information content (AvgIpc) is 2.94. The van der Waals surface area contributed by atoms with Gasteiger partial charge in [-0.05, 0) is 12.8 Å². The Balaban J connectivity index is 3.86. The Labute approximate surface area is 242 Å². The fraction of sp³-hybridized carbons (Fsp3) is 0.971. The summed E-state index contributed by atoms with van der Waals surface area (Å²) in [4.78, 5) is 12.6. The monoisotopic (exact) mass is 557 g/mol. The van der Waals surface area contributed by atoms with Crippen LogP contribution < -0.4 is 0 Å². The Bertz CT molecular complexity index is 512. The van der Waals surface area contributed by atoms with E-state index < -0.39 is 36.6 Å². The van der Waals surface area contributed by atoms with Crippen LogP contribution in [-0.2, 0) is 4.79 Å². The molecule has 0 rings (SSSR count). The summed E-state index contributed by atoms with van der Waals surface area (Å²) in [7, 11) is 0. The van der Waals surface area contributed by atoms with Crippen LogP contribution in [-0.4, -0.2) is 51.1 Å². The number of ketones is 1. The van der Waals surface area contributed by atoms with Gasteiger partial charge in [-0.25, -0.2) is 0 Å². The second-order valence-electron chi connectivity index (χ2n) is 12.1. The van der Waals surface area contributed by atoms with Gasteiger partial charge in [0.2, 0.25) is 0 Å². The van der Waals surface area contributed by atoms with Gasteiger partial charge in [0, 0.05) is 0 Å². The second-order valence-corrected chi connectivity index (χ2v) is 12.1. The molecule has 0 aliphatic carbocycles.